The molecule has 3 aliphatic rings. The molecule has 8 nitrogen and oxygen atoms in total. The first-order valence-electron chi connectivity index (χ1n) is 11.6. The van der Waals surface area contributed by atoms with Crippen LogP contribution in [0.3, 0.4) is 0 Å². The van der Waals surface area contributed by atoms with Crippen LogP contribution in [-0.2, 0) is 14.3 Å². The summed E-state index contributed by atoms with van der Waals surface area (Å²) in [7, 11) is 0. The molecule has 0 aromatic rings. The van der Waals surface area contributed by atoms with Crippen LogP contribution in [-0.4, -0.2) is 78.6 Å². The molecule has 2 N–H and O–H groups in total. The minimum absolute atomic E-state index is 0.0119. The molecule has 0 aromatic heterocycles. The van der Waals surface area contributed by atoms with E-state index in [9.17, 15) is 14.4 Å². The molecule has 3 rings (SSSR count). The van der Waals surface area contributed by atoms with Gasteiger partial charge in [0.15, 0.2) is 0 Å². The van der Waals surface area contributed by atoms with E-state index in [1.165, 1.54) is 6.42 Å². The van der Waals surface area contributed by atoms with Crippen molar-refractivity contribution in [1.29, 1.82) is 0 Å². The Kier molecular flexibility index (Phi) is 8.11. The van der Waals surface area contributed by atoms with E-state index in [1.54, 1.807) is 0 Å². The fourth-order valence-corrected chi connectivity index (χ4v) is 5.06. The number of likely N-dealkylation sites (tertiary alicyclic amines) is 1. The Balaban J connectivity index is 1.37. The highest BCUT2D eigenvalue weighted by molar-refractivity contribution is 5.95. The first kappa shape index (κ1) is 23.0. The largest absolute Gasteiger partial charge is 0.372 e. The molecular formula is C22H38N4O4. The van der Waals surface area contributed by atoms with E-state index in [0.717, 1.165) is 32.1 Å². The zero-order valence-corrected chi connectivity index (χ0v) is 18.7. The number of nitrogens with zero attached hydrogens (tertiary/aromatic N) is 2. The second kappa shape index (κ2) is 10.6. The summed E-state index contributed by atoms with van der Waals surface area (Å²) in [6.45, 7) is 9.04. The average molecular weight is 423 g/mol. The van der Waals surface area contributed by atoms with E-state index in [2.05, 4.69) is 17.6 Å². The van der Waals surface area contributed by atoms with Crippen molar-refractivity contribution in [2.24, 2.45) is 11.8 Å². The second-order valence-corrected chi connectivity index (χ2v) is 9.44. The van der Waals surface area contributed by atoms with Crippen LogP contribution in [0.4, 0.5) is 4.79 Å². The molecule has 8 heteroatoms. The van der Waals surface area contributed by atoms with Gasteiger partial charge in [0.2, 0.25) is 11.8 Å². The summed E-state index contributed by atoms with van der Waals surface area (Å²) < 4.78 is 5.72. The number of morpholine rings is 1. The number of nitrogens with one attached hydrogen (secondary N) is 2. The molecule has 0 aromatic carbocycles. The monoisotopic (exact) mass is 422 g/mol. The number of hydrogen-bond donors (Lipinski definition) is 2. The molecule has 170 valence electrons. The summed E-state index contributed by atoms with van der Waals surface area (Å²) in [5, 5.41) is 5.42. The molecular weight excluding hydrogens is 384 g/mol. The van der Waals surface area contributed by atoms with Crippen molar-refractivity contribution in [3.63, 3.8) is 0 Å². The smallest absolute Gasteiger partial charge is 0.321 e. The Morgan fingerprint density at radius 3 is 2.20 bits per heavy atom. The lowest BCUT2D eigenvalue weighted by Crippen LogP contribution is -2.52. The van der Waals surface area contributed by atoms with Crippen LogP contribution in [0, 0.1) is 11.8 Å². The van der Waals surface area contributed by atoms with Crippen LogP contribution in [0.1, 0.15) is 59.3 Å². The normalized spacial score (nSPS) is 31.2. The minimum atomic E-state index is -0.389. The Bertz CT molecular complexity index is 610. The van der Waals surface area contributed by atoms with Gasteiger partial charge in [-0.3, -0.25) is 19.8 Å². The summed E-state index contributed by atoms with van der Waals surface area (Å²) in [6, 6.07) is -0.238. The number of imide groups is 1. The zero-order chi connectivity index (χ0) is 21.7. The van der Waals surface area contributed by atoms with Gasteiger partial charge in [0.1, 0.15) is 0 Å². The number of ether oxygens (including phenoxy) is 1. The first-order chi connectivity index (χ1) is 14.3. The van der Waals surface area contributed by atoms with Crippen LogP contribution in [0.5, 0.6) is 0 Å². The molecule has 30 heavy (non-hydrogen) atoms. The van der Waals surface area contributed by atoms with Gasteiger partial charge in [0, 0.05) is 25.0 Å². The average Bonchev–Trinajstić information content (AvgIpc) is 2.69. The molecule has 0 radical (unpaired) electrons. The van der Waals surface area contributed by atoms with Gasteiger partial charge in [-0.1, -0.05) is 19.8 Å². The van der Waals surface area contributed by atoms with Gasteiger partial charge >= 0.3 is 6.03 Å². The van der Waals surface area contributed by atoms with E-state index in [-0.39, 0.29) is 48.6 Å². The van der Waals surface area contributed by atoms with Crippen molar-refractivity contribution in [3.8, 4) is 0 Å². The lowest BCUT2D eigenvalue weighted by atomic mass is 9.86. The second-order valence-electron chi connectivity index (χ2n) is 9.44. The number of carbonyl (C=O) groups excluding carboxylic acids is 3. The standard InChI is InChI=1S/C22H38N4O4/c1-15-6-4-5-7-19(15)23-22(29)24-20(27)14-25-10-8-18(9-11-25)21(28)26-12-16(2)30-17(3)13-26/h15-19H,4-14H2,1-3H3,(H2,23,24,27,29). The first-order valence-corrected chi connectivity index (χ1v) is 11.6. The number of urea groups is 1. The van der Waals surface area contributed by atoms with Crippen molar-refractivity contribution in [1.82, 2.24) is 20.4 Å². The quantitative estimate of drug-likeness (QED) is 0.720. The van der Waals surface area contributed by atoms with Gasteiger partial charge < -0.3 is 15.0 Å². The molecule has 1 saturated carbocycles. The number of hydrogen-bond acceptors (Lipinski definition) is 5. The third-order valence-corrected chi connectivity index (χ3v) is 6.72. The molecule has 2 aliphatic heterocycles. The number of amides is 4. The lowest BCUT2D eigenvalue weighted by Gasteiger charge is -2.39. The Morgan fingerprint density at radius 2 is 1.57 bits per heavy atom. The van der Waals surface area contributed by atoms with E-state index in [0.29, 0.717) is 32.1 Å². The molecule has 4 amide bonds. The van der Waals surface area contributed by atoms with Crippen molar-refractivity contribution < 1.29 is 19.1 Å². The van der Waals surface area contributed by atoms with Gasteiger partial charge in [-0.05, 0) is 58.5 Å². The maximum absolute atomic E-state index is 12.9. The Hall–Kier alpha value is -1.67. The number of rotatable bonds is 4. The van der Waals surface area contributed by atoms with E-state index < -0.39 is 0 Å². The predicted molar refractivity (Wildman–Crippen MR) is 114 cm³/mol. The number of piperidine rings is 1. The molecule has 4 atom stereocenters. The molecule has 2 heterocycles. The topological polar surface area (TPSA) is 91.0 Å². The van der Waals surface area contributed by atoms with Crippen LogP contribution in [0.25, 0.3) is 0 Å². The highest BCUT2D eigenvalue weighted by atomic mass is 16.5. The molecule has 4 unspecified atom stereocenters. The van der Waals surface area contributed by atoms with Crippen LogP contribution in [0.15, 0.2) is 0 Å². The Morgan fingerprint density at radius 1 is 0.933 bits per heavy atom. The summed E-state index contributed by atoms with van der Waals surface area (Å²) in [5.74, 6) is 0.394. The fraction of sp³-hybridized carbons (Fsp3) is 0.864. The van der Waals surface area contributed by atoms with Crippen molar-refractivity contribution in [2.45, 2.75) is 77.5 Å². The van der Waals surface area contributed by atoms with E-state index >= 15 is 0 Å². The maximum atomic E-state index is 12.9. The minimum Gasteiger partial charge on any atom is -0.372 e. The van der Waals surface area contributed by atoms with Crippen LogP contribution < -0.4 is 10.6 Å². The van der Waals surface area contributed by atoms with Gasteiger partial charge in [-0.15, -0.1) is 0 Å². The lowest BCUT2D eigenvalue weighted by molar-refractivity contribution is -0.148. The summed E-state index contributed by atoms with van der Waals surface area (Å²) in [4.78, 5) is 41.2. The summed E-state index contributed by atoms with van der Waals surface area (Å²) in [5.41, 5.74) is 0. The van der Waals surface area contributed by atoms with Gasteiger partial charge in [-0.25, -0.2) is 4.79 Å². The highest BCUT2D eigenvalue weighted by Gasteiger charge is 2.33. The van der Waals surface area contributed by atoms with E-state index in [4.69, 9.17) is 4.74 Å². The molecule has 0 bridgehead atoms. The van der Waals surface area contributed by atoms with Crippen molar-refractivity contribution in [3.05, 3.63) is 0 Å². The van der Waals surface area contributed by atoms with Crippen molar-refractivity contribution in [2.75, 3.05) is 32.7 Å². The van der Waals surface area contributed by atoms with Crippen LogP contribution in [0.2, 0.25) is 0 Å². The molecule has 0 spiro atoms. The Labute approximate surface area is 180 Å². The third kappa shape index (κ3) is 6.41. The maximum Gasteiger partial charge on any atom is 0.321 e. The molecule has 3 fully saturated rings. The highest BCUT2D eigenvalue weighted by Crippen LogP contribution is 2.24. The zero-order valence-electron chi connectivity index (χ0n) is 18.7. The molecule has 1 aliphatic carbocycles. The SMILES string of the molecule is CC1CN(C(=O)C2CCN(CC(=O)NC(=O)NC3CCCCC3C)CC2)CC(C)O1. The van der Waals surface area contributed by atoms with Crippen molar-refractivity contribution >= 4 is 17.8 Å². The summed E-state index contributed by atoms with van der Waals surface area (Å²) >= 11 is 0. The van der Waals surface area contributed by atoms with Gasteiger partial charge in [-0.2, -0.15) is 0 Å². The van der Waals surface area contributed by atoms with Crippen LogP contribution >= 0.6 is 0 Å². The number of carbonyl (C=O) groups is 3. The summed E-state index contributed by atoms with van der Waals surface area (Å²) in [6.07, 6.45) is 6.07. The molecule has 2 saturated heterocycles. The predicted octanol–water partition coefficient (Wildman–Crippen LogP) is 1.74. The van der Waals surface area contributed by atoms with Gasteiger partial charge in [0.25, 0.3) is 0 Å². The fourth-order valence-electron chi connectivity index (χ4n) is 5.06. The van der Waals surface area contributed by atoms with Gasteiger partial charge in [0.05, 0.1) is 18.8 Å². The van der Waals surface area contributed by atoms with E-state index in [1.807, 2.05) is 23.6 Å². The third-order valence-electron chi connectivity index (χ3n) is 6.72.